The zero-order valence-electron chi connectivity index (χ0n) is 11.8. The summed E-state index contributed by atoms with van der Waals surface area (Å²) >= 11 is 0. The van der Waals surface area contributed by atoms with E-state index in [1.54, 1.807) is 6.07 Å². The van der Waals surface area contributed by atoms with Gasteiger partial charge in [-0.3, -0.25) is 9.80 Å². The van der Waals surface area contributed by atoms with E-state index in [0.29, 0.717) is 5.69 Å². The van der Waals surface area contributed by atoms with Gasteiger partial charge in [-0.2, -0.15) is 0 Å². The Hall–Kier alpha value is -1.50. The van der Waals surface area contributed by atoms with Crippen LogP contribution in [0.1, 0.15) is 16.2 Å². The van der Waals surface area contributed by atoms with Gasteiger partial charge in [0.15, 0.2) is 0 Å². The van der Waals surface area contributed by atoms with E-state index in [4.69, 9.17) is 5.11 Å². The molecule has 1 N–H and O–H groups in total. The average Bonchev–Trinajstić information content (AvgIpc) is 2.49. The zero-order valence-corrected chi connectivity index (χ0v) is 11.8. The van der Waals surface area contributed by atoms with Crippen molar-refractivity contribution in [1.82, 2.24) is 14.8 Å². The number of β-amino-alcohol motifs (C(OH)–C–C–N with tert-alkyl or cyclic N) is 1. The van der Waals surface area contributed by atoms with E-state index in [0.717, 1.165) is 45.0 Å². The molecule has 0 saturated carbocycles. The number of aliphatic hydroxyl groups excluding tert-OH is 1. The molecule has 20 heavy (non-hydrogen) atoms. The lowest BCUT2D eigenvalue weighted by atomic mass is 10.2. The third kappa shape index (κ3) is 4.00. The maximum absolute atomic E-state index is 11.4. The molecular formula is C14H21N3O3. The molecule has 0 aliphatic carbocycles. The number of nitrogens with zero attached hydrogens (tertiary/aromatic N) is 3. The van der Waals surface area contributed by atoms with Gasteiger partial charge in [-0.25, -0.2) is 9.78 Å². The molecule has 1 aromatic heterocycles. The second-order valence-corrected chi connectivity index (χ2v) is 4.85. The first-order valence-electron chi connectivity index (χ1n) is 6.82. The van der Waals surface area contributed by atoms with Crippen molar-refractivity contribution in [3.63, 3.8) is 0 Å². The van der Waals surface area contributed by atoms with Gasteiger partial charge < -0.3 is 9.84 Å². The maximum Gasteiger partial charge on any atom is 0.356 e. The van der Waals surface area contributed by atoms with E-state index in [1.165, 1.54) is 7.11 Å². The van der Waals surface area contributed by atoms with Crippen LogP contribution in [0.15, 0.2) is 18.2 Å². The Balaban J connectivity index is 1.89. The monoisotopic (exact) mass is 279 g/mol. The molecule has 0 aromatic carbocycles. The fraction of sp³-hybridized carbons (Fsp3) is 0.571. The van der Waals surface area contributed by atoms with Gasteiger partial charge in [0.1, 0.15) is 5.69 Å². The first-order chi connectivity index (χ1) is 9.72. The predicted octanol–water partition coefficient (Wildman–Crippen LogP) is -0.0219. The Morgan fingerprint density at radius 1 is 1.30 bits per heavy atom. The van der Waals surface area contributed by atoms with Crippen LogP contribution < -0.4 is 0 Å². The summed E-state index contributed by atoms with van der Waals surface area (Å²) in [5.74, 6) is -0.403. The maximum atomic E-state index is 11.4. The summed E-state index contributed by atoms with van der Waals surface area (Å²) in [5, 5.41) is 8.92. The summed E-state index contributed by atoms with van der Waals surface area (Å²) < 4.78 is 4.68. The number of piperazine rings is 1. The molecule has 110 valence electrons. The minimum absolute atomic E-state index is 0.211. The molecule has 1 aromatic rings. The van der Waals surface area contributed by atoms with Crippen molar-refractivity contribution in [3.8, 4) is 0 Å². The highest BCUT2D eigenvalue weighted by Crippen LogP contribution is 2.08. The van der Waals surface area contributed by atoms with E-state index in [1.807, 2.05) is 12.1 Å². The second kappa shape index (κ2) is 7.33. The lowest BCUT2D eigenvalue weighted by Gasteiger charge is -2.34. The average molecular weight is 279 g/mol. The van der Waals surface area contributed by atoms with E-state index < -0.39 is 5.97 Å². The highest BCUT2D eigenvalue weighted by molar-refractivity contribution is 5.87. The van der Waals surface area contributed by atoms with Gasteiger partial charge >= 0.3 is 5.97 Å². The molecule has 2 heterocycles. The van der Waals surface area contributed by atoms with Crippen molar-refractivity contribution >= 4 is 5.97 Å². The SMILES string of the molecule is COC(=O)c1cccc(CN2CCN(CCO)CC2)n1. The molecule has 0 amide bonds. The van der Waals surface area contributed by atoms with E-state index in [-0.39, 0.29) is 6.61 Å². The summed E-state index contributed by atoms with van der Waals surface area (Å²) in [7, 11) is 1.36. The van der Waals surface area contributed by atoms with E-state index in [9.17, 15) is 4.79 Å². The third-order valence-electron chi connectivity index (χ3n) is 3.47. The normalized spacial score (nSPS) is 17.1. The summed E-state index contributed by atoms with van der Waals surface area (Å²) in [4.78, 5) is 20.3. The fourth-order valence-corrected chi connectivity index (χ4v) is 2.33. The van der Waals surface area contributed by atoms with Crippen LogP contribution in [0.2, 0.25) is 0 Å². The van der Waals surface area contributed by atoms with Crippen LogP contribution in [-0.4, -0.2) is 72.3 Å². The molecule has 6 nitrogen and oxygen atoms in total. The van der Waals surface area contributed by atoms with Crippen molar-refractivity contribution in [2.24, 2.45) is 0 Å². The summed E-state index contributed by atoms with van der Waals surface area (Å²) in [6.07, 6.45) is 0. The molecule has 0 spiro atoms. The summed E-state index contributed by atoms with van der Waals surface area (Å²) in [5.41, 5.74) is 1.23. The van der Waals surface area contributed by atoms with Gasteiger partial charge in [-0.1, -0.05) is 6.07 Å². The molecule has 6 heteroatoms. The highest BCUT2D eigenvalue weighted by Gasteiger charge is 2.17. The minimum Gasteiger partial charge on any atom is -0.464 e. The van der Waals surface area contributed by atoms with Crippen LogP contribution in [0.4, 0.5) is 0 Å². The van der Waals surface area contributed by atoms with Gasteiger partial charge in [0.2, 0.25) is 0 Å². The topological polar surface area (TPSA) is 65.9 Å². The Morgan fingerprint density at radius 3 is 2.65 bits per heavy atom. The summed E-state index contributed by atoms with van der Waals surface area (Å²) in [6, 6.07) is 5.41. The van der Waals surface area contributed by atoms with Crippen LogP contribution in [-0.2, 0) is 11.3 Å². The molecule has 1 saturated heterocycles. The molecule has 1 aliphatic heterocycles. The third-order valence-corrected chi connectivity index (χ3v) is 3.47. The van der Waals surface area contributed by atoms with Gasteiger partial charge in [-0.15, -0.1) is 0 Å². The van der Waals surface area contributed by atoms with Crippen molar-refractivity contribution in [1.29, 1.82) is 0 Å². The van der Waals surface area contributed by atoms with Crippen molar-refractivity contribution in [2.45, 2.75) is 6.54 Å². The quantitative estimate of drug-likeness (QED) is 0.764. The van der Waals surface area contributed by atoms with Gasteiger partial charge in [0.25, 0.3) is 0 Å². The van der Waals surface area contributed by atoms with Crippen molar-refractivity contribution in [3.05, 3.63) is 29.6 Å². The Bertz CT molecular complexity index is 445. The van der Waals surface area contributed by atoms with Gasteiger partial charge in [0.05, 0.1) is 19.4 Å². The molecule has 1 fully saturated rings. The first-order valence-corrected chi connectivity index (χ1v) is 6.82. The van der Waals surface area contributed by atoms with Crippen molar-refractivity contribution in [2.75, 3.05) is 46.4 Å². The largest absolute Gasteiger partial charge is 0.464 e. The number of hydrogen-bond donors (Lipinski definition) is 1. The summed E-state index contributed by atoms with van der Waals surface area (Å²) in [6.45, 7) is 5.49. The molecule has 2 rings (SSSR count). The number of pyridine rings is 1. The predicted molar refractivity (Wildman–Crippen MR) is 74.4 cm³/mol. The number of aliphatic hydroxyl groups is 1. The molecule has 1 aliphatic rings. The lowest BCUT2D eigenvalue weighted by molar-refractivity contribution is 0.0593. The fourth-order valence-electron chi connectivity index (χ4n) is 2.33. The van der Waals surface area contributed by atoms with E-state index >= 15 is 0 Å². The van der Waals surface area contributed by atoms with Crippen LogP contribution in [0.25, 0.3) is 0 Å². The Morgan fingerprint density at radius 2 is 2.00 bits per heavy atom. The standard InChI is InChI=1S/C14H21N3O3/c1-20-14(19)13-4-2-3-12(15-13)11-17-7-5-16(6-8-17)9-10-18/h2-4,18H,5-11H2,1H3. The second-order valence-electron chi connectivity index (χ2n) is 4.85. The molecule has 0 unspecified atom stereocenters. The molecular weight excluding hydrogens is 258 g/mol. The number of ether oxygens (including phenoxy) is 1. The first kappa shape index (κ1) is 14.9. The number of carbonyl (C=O) groups is 1. The molecule has 0 radical (unpaired) electrons. The van der Waals surface area contributed by atoms with Crippen LogP contribution in [0, 0.1) is 0 Å². The van der Waals surface area contributed by atoms with Crippen LogP contribution in [0.5, 0.6) is 0 Å². The van der Waals surface area contributed by atoms with Crippen LogP contribution in [0.3, 0.4) is 0 Å². The lowest BCUT2D eigenvalue weighted by Crippen LogP contribution is -2.46. The zero-order chi connectivity index (χ0) is 14.4. The number of rotatable bonds is 5. The number of hydrogen-bond acceptors (Lipinski definition) is 6. The van der Waals surface area contributed by atoms with E-state index in [2.05, 4.69) is 19.5 Å². The Kier molecular flexibility index (Phi) is 5.46. The smallest absolute Gasteiger partial charge is 0.356 e. The van der Waals surface area contributed by atoms with Gasteiger partial charge in [0, 0.05) is 39.3 Å². The van der Waals surface area contributed by atoms with Crippen molar-refractivity contribution < 1.29 is 14.6 Å². The number of methoxy groups -OCH3 is 1. The number of carbonyl (C=O) groups excluding carboxylic acids is 1. The van der Waals surface area contributed by atoms with Crippen LogP contribution >= 0.6 is 0 Å². The molecule has 0 bridgehead atoms. The van der Waals surface area contributed by atoms with Gasteiger partial charge in [-0.05, 0) is 12.1 Å². The molecule has 0 atom stereocenters. The number of esters is 1. The number of aromatic nitrogens is 1. The minimum atomic E-state index is -0.403. The Labute approximate surface area is 119 Å². The highest BCUT2D eigenvalue weighted by atomic mass is 16.5.